The van der Waals surface area contributed by atoms with Crippen LogP contribution in [0.3, 0.4) is 0 Å². The van der Waals surface area contributed by atoms with Gasteiger partial charge in [0.15, 0.2) is 0 Å². The molecule has 2 rings (SSSR count). The van der Waals surface area contributed by atoms with E-state index in [2.05, 4.69) is 21.1 Å². The minimum absolute atomic E-state index is 0.0649. The number of amides is 2. The molecule has 0 saturated heterocycles. The Morgan fingerprint density at radius 3 is 1.46 bits per heavy atom. The highest BCUT2D eigenvalue weighted by Gasteiger charge is 2.08. The lowest BCUT2D eigenvalue weighted by Gasteiger charge is -2.05. The molecule has 0 unspecified atom stereocenters. The van der Waals surface area contributed by atoms with Crippen molar-refractivity contribution in [2.75, 3.05) is 0 Å². The Labute approximate surface area is 162 Å². The summed E-state index contributed by atoms with van der Waals surface area (Å²) in [5.74, 6) is -0.747. The number of nitrogens with one attached hydrogen (secondary N) is 2. The van der Waals surface area contributed by atoms with Crippen LogP contribution in [0.5, 0.6) is 11.5 Å². The number of phenolic OH excluding ortho intramolecular Hbond substituents is 2. The molecule has 0 saturated carbocycles. The zero-order valence-electron chi connectivity index (χ0n) is 15.6. The van der Waals surface area contributed by atoms with Crippen LogP contribution >= 0.6 is 0 Å². The number of para-hydroxylation sites is 2. The maximum absolute atomic E-state index is 11.8. The Morgan fingerprint density at radius 1 is 0.750 bits per heavy atom. The van der Waals surface area contributed by atoms with Gasteiger partial charge in [0, 0.05) is 24.0 Å². The number of phenols is 2. The molecule has 0 aromatic heterocycles. The van der Waals surface area contributed by atoms with E-state index >= 15 is 0 Å². The maximum atomic E-state index is 11.8. The molecule has 0 spiro atoms. The standard InChI is InChI=1S/C20H22N4O4/c1-13(15-7-3-5-9-17(15)25)21-23-19(27)11-12-20(28)24-22-14(2)16-8-4-6-10-18(16)26/h3-10,25-26H,11-12H2,1-2H3,(H,23,27)(H,24,28)/b21-13-,22-14+. The summed E-state index contributed by atoms with van der Waals surface area (Å²) in [6, 6.07) is 13.3. The third-order valence-corrected chi connectivity index (χ3v) is 3.86. The summed E-state index contributed by atoms with van der Waals surface area (Å²) in [5, 5.41) is 27.4. The fourth-order valence-electron chi connectivity index (χ4n) is 2.31. The van der Waals surface area contributed by atoms with Crippen LogP contribution in [-0.4, -0.2) is 33.5 Å². The van der Waals surface area contributed by atoms with Crippen LogP contribution in [0.1, 0.15) is 37.8 Å². The average Bonchev–Trinajstić information content (AvgIpc) is 2.69. The monoisotopic (exact) mass is 382 g/mol. The zero-order valence-corrected chi connectivity index (χ0v) is 15.6. The molecule has 0 heterocycles. The molecule has 0 bridgehead atoms. The van der Waals surface area contributed by atoms with Crippen LogP contribution in [0.25, 0.3) is 0 Å². The van der Waals surface area contributed by atoms with E-state index in [1.54, 1.807) is 50.2 Å². The predicted molar refractivity (Wildman–Crippen MR) is 106 cm³/mol. The highest BCUT2D eigenvalue weighted by Crippen LogP contribution is 2.17. The maximum Gasteiger partial charge on any atom is 0.240 e. The normalized spacial score (nSPS) is 11.8. The van der Waals surface area contributed by atoms with Crippen molar-refractivity contribution in [2.24, 2.45) is 10.2 Å². The fourth-order valence-corrected chi connectivity index (χ4v) is 2.31. The van der Waals surface area contributed by atoms with Crippen molar-refractivity contribution in [3.63, 3.8) is 0 Å². The second-order valence-electron chi connectivity index (χ2n) is 6.00. The summed E-state index contributed by atoms with van der Waals surface area (Å²) < 4.78 is 0. The van der Waals surface area contributed by atoms with Gasteiger partial charge in [-0.15, -0.1) is 0 Å². The molecule has 146 valence electrons. The largest absolute Gasteiger partial charge is 0.507 e. The van der Waals surface area contributed by atoms with Gasteiger partial charge in [0.05, 0.1) is 11.4 Å². The Balaban J connectivity index is 1.82. The molecule has 2 aromatic rings. The molecule has 4 N–H and O–H groups in total. The number of aromatic hydroxyl groups is 2. The Morgan fingerprint density at radius 2 is 1.11 bits per heavy atom. The average molecular weight is 382 g/mol. The first-order valence-electron chi connectivity index (χ1n) is 8.61. The van der Waals surface area contributed by atoms with Crippen LogP contribution < -0.4 is 10.9 Å². The molecule has 2 aromatic carbocycles. The second kappa shape index (κ2) is 9.86. The smallest absolute Gasteiger partial charge is 0.240 e. The van der Waals surface area contributed by atoms with Crippen molar-refractivity contribution < 1.29 is 19.8 Å². The van der Waals surface area contributed by atoms with E-state index < -0.39 is 11.8 Å². The van der Waals surface area contributed by atoms with E-state index in [1.165, 1.54) is 12.1 Å². The lowest BCUT2D eigenvalue weighted by atomic mass is 10.1. The Hall–Kier alpha value is -3.68. The third kappa shape index (κ3) is 5.94. The molecule has 0 fully saturated rings. The van der Waals surface area contributed by atoms with Gasteiger partial charge >= 0.3 is 0 Å². The van der Waals surface area contributed by atoms with E-state index in [-0.39, 0.29) is 24.3 Å². The first-order chi connectivity index (χ1) is 13.4. The van der Waals surface area contributed by atoms with Crippen LogP contribution in [-0.2, 0) is 9.59 Å². The quantitative estimate of drug-likeness (QED) is 0.433. The predicted octanol–water partition coefficient (Wildman–Crippen LogP) is 2.26. The van der Waals surface area contributed by atoms with E-state index in [4.69, 9.17) is 0 Å². The van der Waals surface area contributed by atoms with Gasteiger partial charge in [-0.2, -0.15) is 10.2 Å². The minimum Gasteiger partial charge on any atom is -0.507 e. The van der Waals surface area contributed by atoms with E-state index in [1.807, 2.05) is 0 Å². The van der Waals surface area contributed by atoms with Crippen LogP contribution in [0.15, 0.2) is 58.7 Å². The molecular weight excluding hydrogens is 360 g/mol. The van der Waals surface area contributed by atoms with Gasteiger partial charge in [0.25, 0.3) is 0 Å². The molecule has 8 heteroatoms. The molecule has 0 aliphatic heterocycles. The van der Waals surface area contributed by atoms with Crippen molar-refractivity contribution in [1.82, 2.24) is 10.9 Å². The summed E-state index contributed by atoms with van der Waals surface area (Å²) in [4.78, 5) is 23.7. The Bertz CT molecular complexity index is 846. The number of hydrogen-bond donors (Lipinski definition) is 4. The summed E-state index contributed by atoms with van der Waals surface area (Å²) in [5.41, 5.74) is 6.61. The molecular formula is C20H22N4O4. The molecule has 0 aliphatic rings. The number of benzene rings is 2. The summed E-state index contributed by atoms with van der Waals surface area (Å²) in [7, 11) is 0. The lowest BCUT2D eigenvalue weighted by molar-refractivity contribution is -0.126. The van der Waals surface area contributed by atoms with Gasteiger partial charge in [-0.05, 0) is 38.1 Å². The van der Waals surface area contributed by atoms with Crippen molar-refractivity contribution >= 4 is 23.2 Å². The molecule has 2 amide bonds. The van der Waals surface area contributed by atoms with Crippen LogP contribution in [0.4, 0.5) is 0 Å². The van der Waals surface area contributed by atoms with Crippen molar-refractivity contribution in [3.8, 4) is 11.5 Å². The first-order valence-corrected chi connectivity index (χ1v) is 8.61. The number of nitrogens with zero attached hydrogens (tertiary/aromatic N) is 2. The SMILES string of the molecule is C/C(=N/NC(=O)CCC(=O)N/N=C(\C)c1ccccc1O)c1ccccc1O. The van der Waals surface area contributed by atoms with Gasteiger partial charge in [0.1, 0.15) is 11.5 Å². The Kier molecular flexibility index (Phi) is 7.27. The van der Waals surface area contributed by atoms with Gasteiger partial charge < -0.3 is 10.2 Å². The number of rotatable bonds is 7. The van der Waals surface area contributed by atoms with Gasteiger partial charge in [0.2, 0.25) is 11.8 Å². The molecule has 0 aliphatic carbocycles. The third-order valence-electron chi connectivity index (χ3n) is 3.86. The summed E-state index contributed by atoms with van der Waals surface area (Å²) in [6.07, 6.45) is -0.150. The minimum atomic E-state index is -0.439. The number of hydrogen-bond acceptors (Lipinski definition) is 6. The first kappa shape index (κ1) is 20.6. The topological polar surface area (TPSA) is 123 Å². The van der Waals surface area contributed by atoms with E-state index in [9.17, 15) is 19.8 Å². The van der Waals surface area contributed by atoms with E-state index in [0.717, 1.165) is 0 Å². The fraction of sp³-hybridized carbons (Fsp3) is 0.200. The van der Waals surface area contributed by atoms with Crippen molar-refractivity contribution in [3.05, 3.63) is 59.7 Å². The number of carbonyl (C=O) groups excluding carboxylic acids is 2. The molecule has 8 nitrogen and oxygen atoms in total. The molecule has 0 radical (unpaired) electrons. The highest BCUT2D eigenvalue weighted by atomic mass is 16.3. The van der Waals surface area contributed by atoms with Crippen molar-refractivity contribution in [1.29, 1.82) is 0 Å². The second-order valence-corrected chi connectivity index (χ2v) is 6.00. The zero-order chi connectivity index (χ0) is 20.5. The van der Waals surface area contributed by atoms with Gasteiger partial charge in [-0.1, -0.05) is 24.3 Å². The molecule has 0 atom stereocenters. The van der Waals surface area contributed by atoms with Gasteiger partial charge in [-0.3, -0.25) is 9.59 Å². The molecule has 28 heavy (non-hydrogen) atoms. The number of carbonyl (C=O) groups is 2. The van der Waals surface area contributed by atoms with Crippen molar-refractivity contribution in [2.45, 2.75) is 26.7 Å². The van der Waals surface area contributed by atoms with Crippen LogP contribution in [0.2, 0.25) is 0 Å². The highest BCUT2D eigenvalue weighted by molar-refractivity contribution is 6.02. The van der Waals surface area contributed by atoms with Gasteiger partial charge in [-0.25, -0.2) is 10.9 Å². The van der Waals surface area contributed by atoms with Crippen LogP contribution in [0, 0.1) is 0 Å². The lowest BCUT2D eigenvalue weighted by Crippen LogP contribution is -2.24. The summed E-state index contributed by atoms with van der Waals surface area (Å²) >= 11 is 0. The number of hydrazone groups is 2. The van der Waals surface area contributed by atoms with E-state index in [0.29, 0.717) is 22.6 Å². The summed E-state index contributed by atoms with van der Waals surface area (Å²) in [6.45, 7) is 3.30.